The van der Waals surface area contributed by atoms with Gasteiger partial charge < -0.3 is 10.2 Å². The van der Waals surface area contributed by atoms with E-state index in [0.29, 0.717) is 26.2 Å². The van der Waals surface area contributed by atoms with Crippen LogP contribution < -0.4 is 5.32 Å². The van der Waals surface area contributed by atoms with E-state index in [2.05, 4.69) is 21.2 Å². The molecular weight excluding hydrogens is 370 g/mol. The number of nitrogens with one attached hydrogen (secondary N) is 1. The number of amides is 2. The van der Waals surface area contributed by atoms with Gasteiger partial charge in [-0.1, -0.05) is 22.0 Å². The third-order valence-corrected chi connectivity index (χ3v) is 5.76. The van der Waals surface area contributed by atoms with Gasteiger partial charge in [0.05, 0.1) is 4.90 Å². The highest BCUT2D eigenvalue weighted by Crippen LogP contribution is 2.21. The molecule has 2 rings (SSSR count). The van der Waals surface area contributed by atoms with Crippen LogP contribution in [0.4, 0.5) is 4.79 Å². The maximum Gasteiger partial charge on any atom is 0.317 e. The number of benzene rings is 1. The highest BCUT2D eigenvalue weighted by molar-refractivity contribution is 9.10. The van der Waals surface area contributed by atoms with Gasteiger partial charge >= 0.3 is 6.03 Å². The lowest BCUT2D eigenvalue weighted by Crippen LogP contribution is -2.53. The van der Waals surface area contributed by atoms with E-state index in [0.717, 1.165) is 4.47 Å². The molecule has 1 aromatic rings. The van der Waals surface area contributed by atoms with Crippen LogP contribution in [0.15, 0.2) is 33.6 Å². The second kappa shape index (κ2) is 6.97. The largest absolute Gasteiger partial charge is 0.336 e. The summed E-state index contributed by atoms with van der Waals surface area (Å²) in [6.07, 6.45) is 0. The number of sulfonamides is 1. The first-order chi connectivity index (χ1) is 10.3. The van der Waals surface area contributed by atoms with Crippen molar-refractivity contribution in [2.75, 3.05) is 26.2 Å². The van der Waals surface area contributed by atoms with E-state index in [-0.39, 0.29) is 17.0 Å². The molecule has 8 heteroatoms. The summed E-state index contributed by atoms with van der Waals surface area (Å²) in [6, 6.07) is 6.58. The number of piperazine rings is 1. The third-order valence-electron chi connectivity index (χ3n) is 3.37. The average molecular weight is 390 g/mol. The van der Waals surface area contributed by atoms with Crippen LogP contribution in [0, 0.1) is 0 Å². The highest BCUT2D eigenvalue weighted by atomic mass is 79.9. The van der Waals surface area contributed by atoms with E-state index in [1.165, 1.54) is 4.31 Å². The van der Waals surface area contributed by atoms with E-state index < -0.39 is 10.0 Å². The van der Waals surface area contributed by atoms with Gasteiger partial charge in [-0.15, -0.1) is 0 Å². The van der Waals surface area contributed by atoms with Gasteiger partial charge in [-0.3, -0.25) is 0 Å². The maximum absolute atomic E-state index is 12.6. The van der Waals surface area contributed by atoms with Gasteiger partial charge in [0, 0.05) is 36.7 Å². The zero-order valence-electron chi connectivity index (χ0n) is 12.6. The molecule has 2 amide bonds. The zero-order valence-corrected chi connectivity index (χ0v) is 15.0. The quantitative estimate of drug-likeness (QED) is 0.857. The standard InChI is InChI=1S/C14H20BrN3O3S/c1-11(2)16-14(19)17-6-8-18(9-7-17)22(20,21)13-5-3-4-12(15)10-13/h3-5,10-11H,6-9H2,1-2H3,(H,16,19). The number of hydrogen-bond donors (Lipinski definition) is 1. The van der Waals surface area contributed by atoms with Crippen molar-refractivity contribution in [3.63, 3.8) is 0 Å². The molecule has 0 unspecified atom stereocenters. The Morgan fingerprint density at radius 2 is 1.86 bits per heavy atom. The van der Waals surface area contributed by atoms with E-state index >= 15 is 0 Å². The van der Waals surface area contributed by atoms with Crippen molar-refractivity contribution in [1.29, 1.82) is 0 Å². The van der Waals surface area contributed by atoms with Crippen LogP contribution in [-0.2, 0) is 10.0 Å². The monoisotopic (exact) mass is 389 g/mol. The van der Waals surface area contributed by atoms with Crippen molar-refractivity contribution in [3.05, 3.63) is 28.7 Å². The van der Waals surface area contributed by atoms with Crippen LogP contribution in [0.5, 0.6) is 0 Å². The Labute approximate surface area is 139 Å². The fourth-order valence-corrected chi connectivity index (χ4v) is 4.27. The van der Waals surface area contributed by atoms with Gasteiger partial charge in [-0.25, -0.2) is 13.2 Å². The van der Waals surface area contributed by atoms with Crippen LogP contribution in [0.1, 0.15) is 13.8 Å². The predicted molar refractivity (Wildman–Crippen MR) is 88.1 cm³/mol. The summed E-state index contributed by atoms with van der Waals surface area (Å²) in [7, 11) is -3.51. The topological polar surface area (TPSA) is 69.7 Å². The Morgan fingerprint density at radius 3 is 2.41 bits per heavy atom. The lowest BCUT2D eigenvalue weighted by molar-refractivity contribution is 0.170. The van der Waals surface area contributed by atoms with E-state index in [4.69, 9.17) is 0 Å². The molecule has 0 atom stereocenters. The SMILES string of the molecule is CC(C)NC(=O)N1CCN(S(=O)(=O)c2cccc(Br)c2)CC1. The van der Waals surface area contributed by atoms with Gasteiger partial charge in [0.15, 0.2) is 0 Å². The van der Waals surface area contributed by atoms with Gasteiger partial charge in [-0.2, -0.15) is 4.31 Å². The molecule has 0 bridgehead atoms. The highest BCUT2D eigenvalue weighted by Gasteiger charge is 2.30. The van der Waals surface area contributed by atoms with Gasteiger partial charge in [0.2, 0.25) is 10.0 Å². The van der Waals surface area contributed by atoms with E-state index in [1.54, 1.807) is 29.2 Å². The fourth-order valence-electron chi connectivity index (χ4n) is 2.25. The number of halogens is 1. The van der Waals surface area contributed by atoms with Crippen molar-refractivity contribution in [3.8, 4) is 0 Å². The number of rotatable bonds is 3. The summed E-state index contributed by atoms with van der Waals surface area (Å²) in [6.45, 7) is 5.19. The second-order valence-electron chi connectivity index (χ2n) is 5.45. The molecule has 0 aliphatic carbocycles. The molecule has 22 heavy (non-hydrogen) atoms. The summed E-state index contributed by atoms with van der Waals surface area (Å²) in [5.41, 5.74) is 0. The summed E-state index contributed by atoms with van der Waals surface area (Å²) in [5, 5.41) is 2.82. The number of carbonyl (C=O) groups is 1. The van der Waals surface area contributed by atoms with Gasteiger partial charge in [-0.05, 0) is 32.0 Å². The average Bonchev–Trinajstić information content (AvgIpc) is 2.46. The van der Waals surface area contributed by atoms with Crippen LogP contribution in [-0.4, -0.2) is 55.9 Å². The maximum atomic E-state index is 12.6. The molecule has 1 aliphatic rings. The molecule has 1 aromatic carbocycles. The molecule has 1 saturated heterocycles. The Hall–Kier alpha value is -1.12. The fraction of sp³-hybridized carbons (Fsp3) is 0.500. The number of urea groups is 1. The molecule has 0 radical (unpaired) electrons. The summed E-state index contributed by atoms with van der Waals surface area (Å²) in [5.74, 6) is 0. The summed E-state index contributed by atoms with van der Waals surface area (Å²) in [4.78, 5) is 13.8. The van der Waals surface area contributed by atoms with Gasteiger partial charge in [0.25, 0.3) is 0 Å². The minimum Gasteiger partial charge on any atom is -0.336 e. The molecule has 122 valence electrons. The Bertz CT molecular complexity index is 640. The van der Waals surface area contributed by atoms with Crippen molar-refractivity contribution < 1.29 is 13.2 Å². The van der Waals surface area contributed by atoms with E-state index in [1.807, 2.05) is 13.8 Å². The third kappa shape index (κ3) is 3.99. The molecular formula is C14H20BrN3O3S. The van der Waals surface area contributed by atoms with Crippen LogP contribution >= 0.6 is 15.9 Å². The normalized spacial score (nSPS) is 16.8. The van der Waals surface area contributed by atoms with Crippen LogP contribution in [0.3, 0.4) is 0 Å². The first kappa shape index (κ1) is 17.2. The second-order valence-corrected chi connectivity index (χ2v) is 8.31. The lowest BCUT2D eigenvalue weighted by Gasteiger charge is -2.34. The van der Waals surface area contributed by atoms with E-state index in [9.17, 15) is 13.2 Å². The Balaban J connectivity index is 2.03. The minimum absolute atomic E-state index is 0.0657. The number of nitrogens with zero attached hydrogens (tertiary/aromatic N) is 2. The molecule has 1 heterocycles. The van der Waals surface area contributed by atoms with Crippen molar-refractivity contribution in [2.24, 2.45) is 0 Å². The van der Waals surface area contributed by atoms with Crippen molar-refractivity contribution >= 4 is 32.0 Å². The van der Waals surface area contributed by atoms with Crippen LogP contribution in [0.2, 0.25) is 0 Å². The molecule has 1 fully saturated rings. The smallest absolute Gasteiger partial charge is 0.317 e. The summed E-state index contributed by atoms with van der Waals surface area (Å²) >= 11 is 3.29. The molecule has 0 aromatic heterocycles. The Kier molecular flexibility index (Phi) is 5.46. The molecule has 1 aliphatic heterocycles. The molecule has 0 spiro atoms. The first-order valence-corrected chi connectivity index (χ1v) is 9.35. The molecule has 6 nitrogen and oxygen atoms in total. The zero-order chi connectivity index (χ0) is 16.3. The van der Waals surface area contributed by atoms with Crippen molar-refractivity contribution in [2.45, 2.75) is 24.8 Å². The Morgan fingerprint density at radius 1 is 1.23 bits per heavy atom. The number of carbonyl (C=O) groups excluding carboxylic acids is 1. The molecule has 1 N–H and O–H groups in total. The lowest BCUT2D eigenvalue weighted by atomic mass is 10.3. The minimum atomic E-state index is -3.51. The van der Waals surface area contributed by atoms with Crippen molar-refractivity contribution in [1.82, 2.24) is 14.5 Å². The first-order valence-electron chi connectivity index (χ1n) is 7.12. The van der Waals surface area contributed by atoms with Crippen LogP contribution in [0.25, 0.3) is 0 Å². The van der Waals surface area contributed by atoms with Gasteiger partial charge in [0.1, 0.15) is 0 Å². The number of hydrogen-bond acceptors (Lipinski definition) is 3. The molecule has 0 saturated carbocycles. The summed E-state index contributed by atoms with van der Waals surface area (Å²) < 4.78 is 27.3. The predicted octanol–water partition coefficient (Wildman–Crippen LogP) is 1.87.